The average molecular weight is 311 g/mol. The number of ether oxygens (including phenoxy) is 1. The zero-order chi connectivity index (χ0) is 15.6. The fourth-order valence-corrected chi connectivity index (χ4v) is 4.29. The lowest BCUT2D eigenvalue weighted by atomic mass is 9.86. The van der Waals surface area contributed by atoms with E-state index in [1.807, 2.05) is 0 Å². The lowest BCUT2D eigenvalue weighted by molar-refractivity contribution is 0.130. The predicted molar refractivity (Wildman–Crippen MR) is 84.0 cm³/mol. The van der Waals surface area contributed by atoms with Crippen LogP contribution in [0.1, 0.15) is 50.2 Å². The summed E-state index contributed by atoms with van der Waals surface area (Å²) in [4.78, 5) is 0.213. The number of nitrogens with two attached hydrogens (primary N) is 1. The highest BCUT2D eigenvalue weighted by Crippen LogP contribution is 2.31. The van der Waals surface area contributed by atoms with Crippen molar-refractivity contribution in [2.24, 2.45) is 11.1 Å². The van der Waals surface area contributed by atoms with Crippen LogP contribution in [0, 0.1) is 19.8 Å². The largest absolute Gasteiger partial charge is 0.490 e. The first-order valence-electron chi connectivity index (χ1n) is 7.62. The molecule has 1 aromatic carbocycles. The van der Waals surface area contributed by atoms with E-state index in [0.29, 0.717) is 11.1 Å². The molecule has 1 aliphatic carbocycles. The molecule has 5 heteroatoms. The zero-order valence-electron chi connectivity index (χ0n) is 13.1. The molecule has 0 saturated heterocycles. The molecule has 2 rings (SSSR count). The van der Waals surface area contributed by atoms with Gasteiger partial charge in [-0.2, -0.15) is 0 Å². The topological polar surface area (TPSA) is 69.4 Å². The summed E-state index contributed by atoms with van der Waals surface area (Å²) < 4.78 is 29.2. The van der Waals surface area contributed by atoms with Crippen LogP contribution in [0.4, 0.5) is 0 Å². The van der Waals surface area contributed by atoms with E-state index in [9.17, 15) is 8.42 Å². The molecular formula is C16H25NO3S. The number of hydrogen-bond donors (Lipinski definition) is 1. The van der Waals surface area contributed by atoms with E-state index in [4.69, 9.17) is 9.88 Å². The molecule has 1 aliphatic rings. The van der Waals surface area contributed by atoms with Crippen LogP contribution in [-0.2, 0) is 10.0 Å². The quantitative estimate of drug-likeness (QED) is 0.927. The second kappa shape index (κ2) is 6.36. The van der Waals surface area contributed by atoms with Crippen molar-refractivity contribution < 1.29 is 13.2 Å². The van der Waals surface area contributed by atoms with Gasteiger partial charge in [-0.05, 0) is 68.7 Å². The zero-order valence-corrected chi connectivity index (χ0v) is 13.9. The Morgan fingerprint density at radius 3 is 2.10 bits per heavy atom. The van der Waals surface area contributed by atoms with Gasteiger partial charge in [0.2, 0.25) is 10.0 Å². The Balaban J connectivity index is 2.12. The van der Waals surface area contributed by atoms with Gasteiger partial charge in [-0.25, -0.2) is 13.6 Å². The Hall–Kier alpha value is -1.07. The Morgan fingerprint density at radius 1 is 1.14 bits per heavy atom. The fourth-order valence-electron chi connectivity index (χ4n) is 3.28. The molecule has 0 heterocycles. The van der Waals surface area contributed by atoms with Gasteiger partial charge in [0, 0.05) is 0 Å². The first-order valence-corrected chi connectivity index (χ1v) is 9.16. The highest BCUT2D eigenvalue weighted by atomic mass is 32.2. The van der Waals surface area contributed by atoms with Gasteiger partial charge < -0.3 is 4.74 Å². The van der Waals surface area contributed by atoms with Crippen molar-refractivity contribution in [3.05, 3.63) is 23.3 Å². The van der Waals surface area contributed by atoms with E-state index in [1.165, 1.54) is 19.3 Å². The first kappa shape index (κ1) is 16.3. The summed E-state index contributed by atoms with van der Waals surface area (Å²) >= 11 is 0. The Bertz CT molecular complexity index is 579. The number of hydrogen-bond acceptors (Lipinski definition) is 3. The second-order valence-corrected chi connectivity index (χ2v) is 7.60. The molecule has 0 aliphatic heterocycles. The van der Waals surface area contributed by atoms with Crippen molar-refractivity contribution in [1.29, 1.82) is 0 Å². The SMILES string of the molecule is CCC1CCC(Oc2cc(C)c(S(N)(=O)=O)c(C)c2)CC1. The van der Waals surface area contributed by atoms with Gasteiger partial charge in [-0.3, -0.25) is 0 Å². The van der Waals surface area contributed by atoms with Crippen molar-refractivity contribution in [2.75, 3.05) is 0 Å². The summed E-state index contributed by atoms with van der Waals surface area (Å²) in [6, 6.07) is 3.55. The standard InChI is InChI=1S/C16H25NO3S/c1-4-13-5-7-14(8-6-13)20-15-9-11(2)16(12(3)10-15)21(17,18)19/h9-10,13-14H,4-8H2,1-3H3,(H2,17,18,19). The number of primary sulfonamides is 1. The van der Waals surface area contributed by atoms with E-state index in [2.05, 4.69) is 6.92 Å². The molecule has 0 unspecified atom stereocenters. The van der Waals surface area contributed by atoms with Crippen LogP contribution < -0.4 is 9.88 Å². The van der Waals surface area contributed by atoms with E-state index >= 15 is 0 Å². The van der Waals surface area contributed by atoms with E-state index in [-0.39, 0.29) is 11.0 Å². The van der Waals surface area contributed by atoms with Gasteiger partial charge in [0.25, 0.3) is 0 Å². The second-order valence-electron chi connectivity index (χ2n) is 6.10. The van der Waals surface area contributed by atoms with Gasteiger partial charge in [0.05, 0.1) is 11.0 Å². The van der Waals surface area contributed by atoms with Crippen LogP contribution in [0.2, 0.25) is 0 Å². The third-order valence-corrected chi connectivity index (χ3v) is 5.61. The molecule has 0 aromatic heterocycles. The molecule has 1 saturated carbocycles. The number of benzene rings is 1. The third-order valence-electron chi connectivity index (χ3n) is 4.39. The normalized spacial score (nSPS) is 23.0. The minimum Gasteiger partial charge on any atom is -0.490 e. The van der Waals surface area contributed by atoms with Gasteiger partial charge >= 0.3 is 0 Å². The fraction of sp³-hybridized carbons (Fsp3) is 0.625. The summed E-state index contributed by atoms with van der Waals surface area (Å²) in [5, 5.41) is 5.25. The highest BCUT2D eigenvalue weighted by Gasteiger charge is 2.22. The van der Waals surface area contributed by atoms with Crippen molar-refractivity contribution in [3.63, 3.8) is 0 Å². The summed E-state index contributed by atoms with van der Waals surface area (Å²) in [6.07, 6.45) is 6.07. The molecule has 2 N–H and O–H groups in total. The molecule has 0 spiro atoms. The predicted octanol–water partition coefficient (Wildman–Crippen LogP) is 3.30. The number of aryl methyl sites for hydroxylation is 2. The molecule has 21 heavy (non-hydrogen) atoms. The van der Waals surface area contributed by atoms with Gasteiger partial charge in [-0.1, -0.05) is 13.3 Å². The molecular weight excluding hydrogens is 286 g/mol. The molecule has 4 nitrogen and oxygen atoms in total. The summed E-state index contributed by atoms with van der Waals surface area (Å²) in [5.41, 5.74) is 1.30. The number of sulfonamides is 1. The molecule has 1 aromatic rings. The first-order chi connectivity index (χ1) is 9.81. The van der Waals surface area contributed by atoms with Gasteiger partial charge in [0.15, 0.2) is 0 Å². The van der Waals surface area contributed by atoms with Crippen LogP contribution in [-0.4, -0.2) is 14.5 Å². The van der Waals surface area contributed by atoms with Crippen LogP contribution in [0.25, 0.3) is 0 Å². The monoisotopic (exact) mass is 311 g/mol. The maximum absolute atomic E-state index is 11.6. The smallest absolute Gasteiger partial charge is 0.238 e. The van der Waals surface area contributed by atoms with Crippen molar-refractivity contribution in [3.8, 4) is 5.75 Å². The summed E-state index contributed by atoms with van der Waals surface area (Å²) in [5.74, 6) is 1.58. The Kier molecular flexibility index (Phi) is 4.94. The van der Waals surface area contributed by atoms with Crippen molar-refractivity contribution in [1.82, 2.24) is 0 Å². The van der Waals surface area contributed by atoms with Crippen LogP contribution in [0.5, 0.6) is 5.75 Å². The lowest BCUT2D eigenvalue weighted by Gasteiger charge is -2.28. The Labute approximate surface area is 127 Å². The van der Waals surface area contributed by atoms with Crippen molar-refractivity contribution >= 4 is 10.0 Å². The van der Waals surface area contributed by atoms with Crippen LogP contribution >= 0.6 is 0 Å². The third kappa shape index (κ3) is 3.98. The van der Waals surface area contributed by atoms with E-state index in [0.717, 1.165) is 24.5 Å². The van der Waals surface area contributed by atoms with Gasteiger partial charge in [-0.15, -0.1) is 0 Å². The maximum atomic E-state index is 11.6. The average Bonchev–Trinajstić information content (AvgIpc) is 2.37. The molecule has 0 radical (unpaired) electrons. The number of rotatable bonds is 4. The van der Waals surface area contributed by atoms with Crippen molar-refractivity contribution in [2.45, 2.75) is 63.9 Å². The molecule has 0 atom stereocenters. The summed E-state index contributed by atoms with van der Waals surface area (Å²) in [7, 11) is -3.68. The van der Waals surface area contributed by atoms with Crippen LogP contribution in [0.15, 0.2) is 17.0 Å². The van der Waals surface area contributed by atoms with Gasteiger partial charge in [0.1, 0.15) is 5.75 Å². The highest BCUT2D eigenvalue weighted by molar-refractivity contribution is 7.89. The Morgan fingerprint density at radius 2 is 1.67 bits per heavy atom. The minimum atomic E-state index is -3.68. The molecule has 0 amide bonds. The minimum absolute atomic E-state index is 0.213. The van der Waals surface area contributed by atoms with Crippen LogP contribution in [0.3, 0.4) is 0 Å². The molecule has 1 fully saturated rings. The summed E-state index contributed by atoms with van der Waals surface area (Å²) in [6.45, 7) is 5.76. The van der Waals surface area contributed by atoms with E-state index < -0.39 is 10.0 Å². The molecule has 118 valence electrons. The van der Waals surface area contributed by atoms with E-state index in [1.54, 1.807) is 26.0 Å². The maximum Gasteiger partial charge on any atom is 0.238 e. The lowest BCUT2D eigenvalue weighted by Crippen LogP contribution is -2.24. The molecule has 0 bridgehead atoms.